The van der Waals surface area contributed by atoms with Gasteiger partial charge in [-0.2, -0.15) is 5.10 Å². The predicted molar refractivity (Wildman–Crippen MR) is 89.5 cm³/mol. The summed E-state index contributed by atoms with van der Waals surface area (Å²) in [6, 6.07) is 15.3. The van der Waals surface area contributed by atoms with E-state index < -0.39 is 0 Å². The first-order chi connectivity index (χ1) is 11.3. The fraction of sp³-hybridized carbons (Fsp3) is 0.167. The van der Waals surface area contributed by atoms with E-state index in [1.165, 1.54) is 0 Å². The third-order valence-electron chi connectivity index (χ3n) is 3.68. The van der Waals surface area contributed by atoms with Crippen molar-refractivity contribution in [1.29, 1.82) is 0 Å². The van der Waals surface area contributed by atoms with Gasteiger partial charge in [0.2, 0.25) is 5.91 Å². The predicted octanol–water partition coefficient (Wildman–Crippen LogP) is 3.40. The van der Waals surface area contributed by atoms with Crippen LogP contribution in [0.15, 0.2) is 67.1 Å². The Balaban J connectivity index is 1.72. The molecule has 23 heavy (non-hydrogen) atoms. The highest BCUT2D eigenvalue weighted by Gasteiger charge is 2.18. The molecular weight excluding hydrogens is 288 g/mol. The SMILES string of the molecule is CC[C@H](C(=O)Nc1ccc(-n2cccn2)nc1)c1ccccc1. The second-order valence-corrected chi connectivity index (χ2v) is 5.22. The first-order valence-electron chi connectivity index (χ1n) is 7.60. The Morgan fingerprint density at radius 3 is 2.61 bits per heavy atom. The number of nitrogens with zero attached hydrogens (tertiary/aromatic N) is 3. The van der Waals surface area contributed by atoms with E-state index in [0.717, 1.165) is 12.0 Å². The number of nitrogens with one attached hydrogen (secondary N) is 1. The van der Waals surface area contributed by atoms with Crippen molar-refractivity contribution in [2.24, 2.45) is 0 Å². The van der Waals surface area contributed by atoms with Gasteiger partial charge < -0.3 is 5.32 Å². The first-order valence-corrected chi connectivity index (χ1v) is 7.60. The maximum Gasteiger partial charge on any atom is 0.231 e. The number of hydrogen-bond acceptors (Lipinski definition) is 3. The van der Waals surface area contributed by atoms with Crippen LogP contribution in [0.2, 0.25) is 0 Å². The van der Waals surface area contributed by atoms with Gasteiger partial charge in [-0.15, -0.1) is 0 Å². The van der Waals surface area contributed by atoms with Crippen LogP contribution in [-0.2, 0) is 4.79 Å². The summed E-state index contributed by atoms with van der Waals surface area (Å²) < 4.78 is 1.67. The molecule has 0 aliphatic carbocycles. The molecule has 1 aromatic carbocycles. The van der Waals surface area contributed by atoms with Gasteiger partial charge in [0.15, 0.2) is 5.82 Å². The Morgan fingerprint density at radius 1 is 1.17 bits per heavy atom. The Morgan fingerprint density at radius 2 is 2.00 bits per heavy atom. The summed E-state index contributed by atoms with van der Waals surface area (Å²) in [5.41, 5.74) is 1.70. The number of pyridine rings is 1. The van der Waals surface area contributed by atoms with Gasteiger partial charge in [-0.3, -0.25) is 4.79 Å². The van der Waals surface area contributed by atoms with E-state index in [-0.39, 0.29) is 11.8 Å². The zero-order valence-electron chi connectivity index (χ0n) is 12.9. The van der Waals surface area contributed by atoms with Crippen LogP contribution in [0, 0.1) is 0 Å². The lowest BCUT2D eigenvalue weighted by Gasteiger charge is -2.15. The molecule has 0 unspecified atom stereocenters. The Kier molecular flexibility index (Phi) is 4.47. The average Bonchev–Trinajstić information content (AvgIpc) is 3.12. The summed E-state index contributed by atoms with van der Waals surface area (Å²) in [6.45, 7) is 2.01. The molecule has 1 atom stereocenters. The van der Waals surface area contributed by atoms with Crippen molar-refractivity contribution >= 4 is 11.6 Å². The van der Waals surface area contributed by atoms with Gasteiger partial charge in [-0.05, 0) is 30.2 Å². The number of anilines is 1. The molecule has 0 saturated carbocycles. The number of carbonyl (C=O) groups excluding carboxylic acids is 1. The van der Waals surface area contributed by atoms with Crippen LogP contribution in [-0.4, -0.2) is 20.7 Å². The van der Waals surface area contributed by atoms with Crippen LogP contribution < -0.4 is 5.32 Å². The van der Waals surface area contributed by atoms with E-state index >= 15 is 0 Å². The van der Waals surface area contributed by atoms with Crippen LogP contribution in [0.25, 0.3) is 5.82 Å². The smallest absolute Gasteiger partial charge is 0.231 e. The molecule has 3 rings (SSSR count). The third kappa shape index (κ3) is 3.45. The molecule has 1 N–H and O–H groups in total. The third-order valence-corrected chi connectivity index (χ3v) is 3.68. The van der Waals surface area contributed by atoms with Gasteiger partial charge in [0, 0.05) is 12.4 Å². The highest BCUT2D eigenvalue weighted by Crippen LogP contribution is 2.21. The van der Waals surface area contributed by atoms with Gasteiger partial charge in [-0.1, -0.05) is 37.3 Å². The van der Waals surface area contributed by atoms with Gasteiger partial charge in [-0.25, -0.2) is 9.67 Å². The number of benzene rings is 1. The van der Waals surface area contributed by atoms with Crippen molar-refractivity contribution in [3.63, 3.8) is 0 Å². The molecular formula is C18H18N4O. The van der Waals surface area contributed by atoms with Gasteiger partial charge >= 0.3 is 0 Å². The van der Waals surface area contributed by atoms with E-state index in [4.69, 9.17) is 0 Å². The summed E-state index contributed by atoms with van der Waals surface area (Å²) in [5.74, 6) is 0.525. The van der Waals surface area contributed by atoms with Crippen molar-refractivity contribution in [3.8, 4) is 5.82 Å². The molecule has 0 spiro atoms. The zero-order chi connectivity index (χ0) is 16.1. The van der Waals surface area contributed by atoms with Gasteiger partial charge in [0.1, 0.15) is 0 Å². The van der Waals surface area contributed by atoms with Crippen molar-refractivity contribution < 1.29 is 4.79 Å². The number of rotatable bonds is 5. The van der Waals surface area contributed by atoms with E-state index in [1.54, 1.807) is 17.1 Å². The summed E-state index contributed by atoms with van der Waals surface area (Å²) in [5, 5.41) is 7.06. The van der Waals surface area contributed by atoms with Crippen LogP contribution in [0.1, 0.15) is 24.8 Å². The quantitative estimate of drug-likeness (QED) is 0.786. The fourth-order valence-corrected chi connectivity index (χ4v) is 2.49. The molecule has 0 aliphatic heterocycles. The average molecular weight is 306 g/mol. The number of hydrogen-bond donors (Lipinski definition) is 1. The fourth-order valence-electron chi connectivity index (χ4n) is 2.49. The minimum Gasteiger partial charge on any atom is -0.324 e. The summed E-state index contributed by atoms with van der Waals surface area (Å²) >= 11 is 0. The van der Waals surface area contributed by atoms with Crippen LogP contribution in [0.4, 0.5) is 5.69 Å². The monoisotopic (exact) mass is 306 g/mol. The molecule has 2 heterocycles. The van der Waals surface area contributed by atoms with E-state index in [9.17, 15) is 4.79 Å². The standard InChI is InChI=1S/C18H18N4O/c1-2-16(14-7-4-3-5-8-14)18(23)21-15-9-10-17(19-13-15)22-12-6-11-20-22/h3-13,16H,2H2,1H3,(H,21,23)/t16-/m0/s1. The number of amides is 1. The van der Waals surface area contributed by atoms with Crippen LogP contribution in [0.5, 0.6) is 0 Å². The van der Waals surface area contributed by atoms with E-state index in [0.29, 0.717) is 11.5 Å². The Hall–Kier alpha value is -2.95. The Bertz CT molecular complexity index is 751. The van der Waals surface area contributed by atoms with E-state index in [2.05, 4.69) is 15.4 Å². The highest BCUT2D eigenvalue weighted by atomic mass is 16.1. The molecule has 0 aliphatic rings. The highest BCUT2D eigenvalue weighted by molar-refractivity contribution is 5.95. The van der Waals surface area contributed by atoms with Crippen LogP contribution in [0.3, 0.4) is 0 Å². The molecule has 0 radical (unpaired) electrons. The molecule has 5 nitrogen and oxygen atoms in total. The summed E-state index contributed by atoms with van der Waals surface area (Å²) in [4.78, 5) is 16.8. The van der Waals surface area contributed by atoms with Crippen molar-refractivity contribution in [1.82, 2.24) is 14.8 Å². The molecule has 1 amide bonds. The van der Waals surface area contributed by atoms with Crippen LogP contribution >= 0.6 is 0 Å². The largest absolute Gasteiger partial charge is 0.324 e. The topological polar surface area (TPSA) is 59.8 Å². The van der Waals surface area contributed by atoms with E-state index in [1.807, 2.05) is 61.7 Å². The molecule has 5 heteroatoms. The first kappa shape index (κ1) is 15.0. The number of carbonyl (C=O) groups is 1. The molecule has 116 valence electrons. The maximum absolute atomic E-state index is 12.5. The lowest BCUT2D eigenvalue weighted by molar-refractivity contribution is -0.117. The van der Waals surface area contributed by atoms with Gasteiger partial charge in [0.25, 0.3) is 0 Å². The molecule has 0 saturated heterocycles. The maximum atomic E-state index is 12.5. The lowest BCUT2D eigenvalue weighted by Crippen LogP contribution is -2.20. The van der Waals surface area contributed by atoms with Crippen molar-refractivity contribution in [2.45, 2.75) is 19.3 Å². The number of aromatic nitrogens is 3. The Labute approximate surface area is 135 Å². The lowest BCUT2D eigenvalue weighted by atomic mass is 9.95. The second-order valence-electron chi connectivity index (χ2n) is 5.22. The molecule has 3 aromatic rings. The molecule has 2 aromatic heterocycles. The van der Waals surface area contributed by atoms with Crippen molar-refractivity contribution in [2.75, 3.05) is 5.32 Å². The molecule has 0 fully saturated rings. The second kappa shape index (κ2) is 6.87. The minimum absolute atomic E-state index is 0.0210. The summed E-state index contributed by atoms with van der Waals surface area (Å²) in [6.07, 6.45) is 5.91. The normalized spacial score (nSPS) is 11.9. The van der Waals surface area contributed by atoms with Gasteiger partial charge in [0.05, 0.1) is 17.8 Å². The summed E-state index contributed by atoms with van der Waals surface area (Å²) in [7, 11) is 0. The van der Waals surface area contributed by atoms with Crippen molar-refractivity contribution in [3.05, 3.63) is 72.7 Å². The minimum atomic E-state index is -0.165. The molecule has 0 bridgehead atoms. The zero-order valence-corrected chi connectivity index (χ0v) is 12.9.